The van der Waals surface area contributed by atoms with Gasteiger partial charge in [-0.1, -0.05) is 46.3 Å². The summed E-state index contributed by atoms with van der Waals surface area (Å²) in [5.41, 5.74) is 1.00. The number of fused-ring (bicyclic) bond motifs is 1. The van der Waals surface area contributed by atoms with E-state index in [9.17, 15) is 4.79 Å². The molecular weight excluding hydrogens is 290 g/mol. The second-order valence-corrected chi connectivity index (χ2v) is 5.74. The molecule has 2 aromatic carbocycles. The second-order valence-electron chi connectivity index (χ2n) is 4.63. The van der Waals surface area contributed by atoms with Crippen molar-refractivity contribution in [1.82, 2.24) is 0 Å². The van der Waals surface area contributed by atoms with Crippen molar-refractivity contribution < 1.29 is 4.79 Å². The summed E-state index contributed by atoms with van der Waals surface area (Å²) in [5.74, 6) is 0.177. The van der Waals surface area contributed by atoms with Crippen molar-refractivity contribution in [2.45, 2.75) is 17.7 Å². The number of rotatable bonds is 1. The van der Waals surface area contributed by atoms with Gasteiger partial charge in [-0.25, -0.2) is 0 Å². The quantitative estimate of drug-likeness (QED) is 0.735. The monoisotopic (exact) mass is 303 g/mol. The Balaban J connectivity index is 2.01. The minimum Gasteiger partial charge on any atom is -0.311 e. The van der Waals surface area contributed by atoms with Gasteiger partial charge in [-0.2, -0.15) is 0 Å². The molecule has 0 aromatic heterocycles. The van der Waals surface area contributed by atoms with E-state index < -0.39 is 0 Å². The van der Waals surface area contributed by atoms with Gasteiger partial charge in [-0.3, -0.25) is 4.79 Å². The standard InChI is InChI=1S/C15H14BrNO/c16-14-6-3-9-17(15(14)18)13-8-7-11-4-1-2-5-12(11)10-13/h1-2,4-5,7-8,10,14H,3,6,9H2. The zero-order valence-corrected chi connectivity index (χ0v) is 11.6. The molecule has 0 aliphatic carbocycles. The molecule has 1 aliphatic heterocycles. The predicted molar refractivity (Wildman–Crippen MR) is 78.3 cm³/mol. The van der Waals surface area contributed by atoms with E-state index in [1.807, 2.05) is 23.1 Å². The molecule has 18 heavy (non-hydrogen) atoms. The largest absolute Gasteiger partial charge is 0.311 e. The van der Waals surface area contributed by atoms with Crippen LogP contribution in [0.15, 0.2) is 42.5 Å². The molecule has 3 rings (SSSR count). The highest BCUT2D eigenvalue weighted by atomic mass is 79.9. The van der Waals surface area contributed by atoms with Crippen LogP contribution >= 0.6 is 15.9 Å². The maximum Gasteiger partial charge on any atom is 0.240 e. The number of carbonyl (C=O) groups excluding carboxylic acids is 1. The Labute approximate surface area is 115 Å². The predicted octanol–water partition coefficient (Wildman–Crippen LogP) is 3.73. The average Bonchev–Trinajstić information content (AvgIpc) is 2.41. The lowest BCUT2D eigenvalue weighted by Gasteiger charge is -2.30. The summed E-state index contributed by atoms with van der Waals surface area (Å²) in [4.78, 5) is 14.0. The van der Waals surface area contributed by atoms with Crippen LogP contribution in [-0.4, -0.2) is 17.3 Å². The molecule has 1 saturated heterocycles. The van der Waals surface area contributed by atoms with Crippen LogP contribution in [0.3, 0.4) is 0 Å². The van der Waals surface area contributed by atoms with Gasteiger partial charge < -0.3 is 4.90 Å². The Morgan fingerprint density at radius 2 is 1.89 bits per heavy atom. The number of alkyl halides is 1. The molecule has 2 nitrogen and oxygen atoms in total. The number of anilines is 1. The summed E-state index contributed by atoms with van der Waals surface area (Å²) in [7, 11) is 0. The molecule has 92 valence electrons. The van der Waals surface area contributed by atoms with Crippen molar-refractivity contribution in [2.24, 2.45) is 0 Å². The highest BCUT2D eigenvalue weighted by Crippen LogP contribution is 2.27. The number of hydrogen-bond acceptors (Lipinski definition) is 1. The number of hydrogen-bond donors (Lipinski definition) is 0. The van der Waals surface area contributed by atoms with Gasteiger partial charge in [-0.15, -0.1) is 0 Å². The van der Waals surface area contributed by atoms with Gasteiger partial charge in [0.05, 0.1) is 4.83 Å². The Morgan fingerprint density at radius 1 is 1.11 bits per heavy atom. The van der Waals surface area contributed by atoms with Crippen molar-refractivity contribution in [2.75, 3.05) is 11.4 Å². The Hall–Kier alpha value is -1.35. The van der Waals surface area contributed by atoms with E-state index in [0.717, 1.165) is 25.1 Å². The van der Waals surface area contributed by atoms with Crippen LogP contribution in [0.2, 0.25) is 0 Å². The number of piperidine rings is 1. The lowest BCUT2D eigenvalue weighted by Crippen LogP contribution is -2.41. The van der Waals surface area contributed by atoms with Gasteiger partial charge in [0.25, 0.3) is 0 Å². The van der Waals surface area contributed by atoms with E-state index in [1.165, 1.54) is 10.8 Å². The van der Waals surface area contributed by atoms with Crippen molar-refractivity contribution in [3.05, 3.63) is 42.5 Å². The summed E-state index contributed by atoms with van der Waals surface area (Å²) < 4.78 is 0. The molecule has 0 bridgehead atoms. The summed E-state index contributed by atoms with van der Waals surface area (Å²) in [6.45, 7) is 0.819. The third-order valence-electron chi connectivity index (χ3n) is 3.42. The van der Waals surface area contributed by atoms with E-state index in [4.69, 9.17) is 0 Å². The number of nitrogens with zero attached hydrogens (tertiary/aromatic N) is 1. The van der Waals surface area contributed by atoms with Crippen molar-refractivity contribution in [1.29, 1.82) is 0 Å². The van der Waals surface area contributed by atoms with Crippen LogP contribution in [0.1, 0.15) is 12.8 Å². The molecule has 0 N–H and O–H groups in total. The molecular formula is C15H14BrNO. The fraction of sp³-hybridized carbons (Fsp3) is 0.267. The molecule has 0 spiro atoms. The smallest absolute Gasteiger partial charge is 0.240 e. The number of amides is 1. The van der Waals surface area contributed by atoms with Gasteiger partial charge in [0.2, 0.25) is 5.91 Å². The Kier molecular flexibility index (Phi) is 3.08. The zero-order chi connectivity index (χ0) is 12.5. The molecule has 2 aromatic rings. The SMILES string of the molecule is O=C1C(Br)CCCN1c1ccc2ccccc2c1. The van der Waals surface area contributed by atoms with Crippen LogP contribution in [0, 0.1) is 0 Å². The first-order valence-electron chi connectivity index (χ1n) is 6.20. The van der Waals surface area contributed by atoms with Crippen molar-refractivity contribution in [3.63, 3.8) is 0 Å². The maximum atomic E-state index is 12.1. The molecule has 1 atom stereocenters. The van der Waals surface area contributed by atoms with E-state index in [-0.39, 0.29) is 10.7 Å². The summed E-state index contributed by atoms with van der Waals surface area (Å²) in [6, 6.07) is 14.4. The molecule has 1 aliphatic rings. The number of benzene rings is 2. The first-order valence-corrected chi connectivity index (χ1v) is 7.11. The van der Waals surface area contributed by atoms with Crippen molar-refractivity contribution in [3.8, 4) is 0 Å². The summed E-state index contributed by atoms with van der Waals surface area (Å²) in [6.07, 6.45) is 1.98. The van der Waals surface area contributed by atoms with Gasteiger partial charge in [-0.05, 0) is 35.7 Å². The van der Waals surface area contributed by atoms with Crippen LogP contribution in [0.4, 0.5) is 5.69 Å². The average molecular weight is 304 g/mol. The van der Waals surface area contributed by atoms with E-state index in [1.54, 1.807) is 0 Å². The molecule has 1 amide bonds. The Morgan fingerprint density at radius 3 is 2.72 bits per heavy atom. The van der Waals surface area contributed by atoms with Crippen LogP contribution in [0.25, 0.3) is 10.8 Å². The van der Waals surface area contributed by atoms with Gasteiger partial charge >= 0.3 is 0 Å². The van der Waals surface area contributed by atoms with Crippen molar-refractivity contribution >= 4 is 38.3 Å². The number of carbonyl (C=O) groups is 1. The molecule has 1 heterocycles. The summed E-state index contributed by atoms with van der Waals surface area (Å²) >= 11 is 3.45. The molecule has 0 saturated carbocycles. The zero-order valence-electron chi connectivity index (χ0n) is 9.97. The minimum atomic E-state index is -0.0299. The third kappa shape index (κ3) is 2.03. The second kappa shape index (κ2) is 4.73. The molecule has 1 fully saturated rings. The lowest BCUT2D eigenvalue weighted by atomic mass is 10.1. The topological polar surface area (TPSA) is 20.3 Å². The van der Waals surface area contributed by atoms with E-state index in [0.29, 0.717) is 0 Å². The van der Waals surface area contributed by atoms with E-state index in [2.05, 4.69) is 40.2 Å². The summed E-state index contributed by atoms with van der Waals surface area (Å²) in [5, 5.41) is 2.39. The fourth-order valence-electron chi connectivity index (χ4n) is 2.43. The van der Waals surface area contributed by atoms with Gasteiger partial charge in [0, 0.05) is 12.2 Å². The third-order valence-corrected chi connectivity index (χ3v) is 4.27. The van der Waals surface area contributed by atoms with Crippen LogP contribution in [0.5, 0.6) is 0 Å². The highest BCUT2D eigenvalue weighted by Gasteiger charge is 2.27. The molecule has 1 unspecified atom stereocenters. The Bertz CT molecular complexity index is 596. The van der Waals surface area contributed by atoms with Crippen LogP contribution < -0.4 is 4.90 Å². The van der Waals surface area contributed by atoms with Gasteiger partial charge in [0.15, 0.2) is 0 Å². The minimum absolute atomic E-state index is 0.0299. The lowest BCUT2D eigenvalue weighted by molar-refractivity contribution is -0.118. The fourth-order valence-corrected chi connectivity index (χ4v) is 3.00. The van der Waals surface area contributed by atoms with Crippen LogP contribution in [-0.2, 0) is 4.79 Å². The van der Waals surface area contributed by atoms with E-state index >= 15 is 0 Å². The first kappa shape index (κ1) is 11.7. The normalized spacial score (nSPS) is 20.4. The molecule has 3 heteroatoms. The maximum absolute atomic E-state index is 12.1. The van der Waals surface area contributed by atoms with Gasteiger partial charge in [0.1, 0.15) is 0 Å². The molecule has 0 radical (unpaired) electrons. The number of halogens is 1. The highest BCUT2D eigenvalue weighted by molar-refractivity contribution is 9.10. The first-order chi connectivity index (χ1) is 8.75.